The van der Waals surface area contributed by atoms with Gasteiger partial charge < -0.3 is 4.74 Å². The van der Waals surface area contributed by atoms with Crippen LogP contribution in [0.2, 0.25) is 0 Å². The van der Waals surface area contributed by atoms with Gasteiger partial charge in [-0.3, -0.25) is 4.98 Å². The third-order valence-electron chi connectivity index (χ3n) is 1.84. The number of pyridine rings is 1. The van der Waals surface area contributed by atoms with Crippen molar-refractivity contribution in [2.24, 2.45) is 0 Å². The Morgan fingerprint density at radius 2 is 2.00 bits per heavy atom. The molecule has 0 aliphatic carbocycles. The minimum absolute atomic E-state index is 0. The maximum Gasteiger partial charge on any atom is 0.417 e. The Morgan fingerprint density at radius 1 is 1.41 bits per heavy atom. The topological polar surface area (TPSA) is 39.2 Å². The van der Waals surface area contributed by atoms with Gasteiger partial charge in [-0.25, -0.2) is 4.79 Å². The zero-order valence-corrected chi connectivity index (χ0v) is 11.7. The molecule has 0 bridgehead atoms. The van der Waals surface area contributed by atoms with Crippen LogP contribution in [0.3, 0.4) is 0 Å². The normalized spacial score (nSPS) is 10.4. The molecule has 7 heteroatoms. The minimum atomic E-state index is -4.53. The molecule has 1 aromatic rings. The smallest absolute Gasteiger partial charge is 0.417 e. The fraction of sp³-hybridized carbons (Fsp3) is 0.200. The Kier molecular flexibility index (Phi) is 5.66. The average molecular weight is 350 g/mol. The molecular formula is C10H8F3NO2Sn. The van der Waals surface area contributed by atoms with Crippen LogP contribution >= 0.6 is 0 Å². The van der Waals surface area contributed by atoms with Crippen LogP contribution in [0.25, 0.3) is 5.57 Å². The second-order valence-electron chi connectivity index (χ2n) is 2.90. The van der Waals surface area contributed by atoms with Crippen LogP contribution < -0.4 is 0 Å². The van der Waals surface area contributed by atoms with E-state index in [1.54, 1.807) is 0 Å². The SMILES string of the molecule is C=C(c1ccc(C(=O)OC)cn1)C(F)(F)F.[Sn]. The predicted molar refractivity (Wildman–Crippen MR) is 56.4 cm³/mol. The molecule has 1 aromatic heterocycles. The van der Waals surface area contributed by atoms with Gasteiger partial charge in [-0.1, -0.05) is 6.58 Å². The molecule has 0 saturated heterocycles. The number of rotatable bonds is 2. The van der Waals surface area contributed by atoms with Gasteiger partial charge in [0.25, 0.3) is 0 Å². The molecule has 0 atom stereocenters. The Balaban J connectivity index is 0.00000256. The molecule has 1 heterocycles. The second-order valence-corrected chi connectivity index (χ2v) is 2.90. The summed E-state index contributed by atoms with van der Waals surface area (Å²) in [5.41, 5.74) is -1.29. The summed E-state index contributed by atoms with van der Waals surface area (Å²) in [7, 11) is 1.17. The molecule has 0 aliphatic rings. The van der Waals surface area contributed by atoms with Gasteiger partial charge in [-0.05, 0) is 12.1 Å². The molecular weight excluding hydrogens is 342 g/mol. The summed E-state index contributed by atoms with van der Waals surface area (Å²) in [6, 6.07) is 2.27. The van der Waals surface area contributed by atoms with Crippen molar-refractivity contribution in [3.63, 3.8) is 0 Å². The number of aromatic nitrogens is 1. The van der Waals surface area contributed by atoms with Crippen molar-refractivity contribution in [1.29, 1.82) is 0 Å². The number of halogens is 3. The Hall–Kier alpha value is -1.05. The van der Waals surface area contributed by atoms with E-state index in [4.69, 9.17) is 0 Å². The molecule has 0 N–H and O–H groups in total. The Morgan fingerprint density at radius 3 is 2.35 bits per heavy atom. The van der Waals surface area contributed by atoms with Crippen LogP contribution in [-0.2, 0) is 4.74 Å². The zero-order chi connectivity index (χ0) is 12.3. The first-order valence-electron chi connectivity index (χ1n) is 4.17. The molecule has 0 saturated carbocycles. The van der Waals surface area contributed by atoms with E-state index in [1.807, 2.05) is 0 Å². The predicted octanol–water partition coefficient (Wildman–Crippen LogP) is 2.06. The van der Waals surface area contributed by atoms with Crippen molar-refractivity contribution in [1.82, 2.24) is 4.98 Å². The van der Waals surface area contributed by atoms with Crippen LogP contribution in [0.15, 0.2) is 24.9 Å². The molecule has 0 amide bonds. The summed E-state index contributed by atoms with van der Waals surface area (Å²) >= 11 is 0. The molecule has 1 rings (SSSR count). The van der Waals surface area contributed by atoms with E-state index in [9.17, 15) is 18.0 Å². The molecule has 0 aromatic carbocycles. The molecule has 0 fully saturated rings. The Bertz CT molecular complexity index is 415. The van der Waals surface area contributed by atoms with E-state index in [0.717, 1.165) is 12.3 Å². The second kappa shape index (κ2) is 6.04. The van der Waals surface area contributed by atoms with Crippen LogP contribution in [0.4, 0.5) is 13.2 Å². The number of ether oxygens (including phenoxy) is 1. The summed E-state index contributed by atoms with van der Waals surface area (Å²) in [4.78, 5) is 14.5. The average Bonchev–Trinajstić information content (AvgIpc) is 2.26. The van der Waals surface area contributed by atoms with Gasteiger partial charge in [0, 0.05) is 30.1 Å². The summed E-state index contributed by atoms with van der Waals surface area (Å²) in [5, 5.41) is 0. The first kappa shape index (κ1) is 15.9. The summed E-state index contributed by atoms with van der Waals surface area (Å²) < 4.78 is 41.1. The van der Waals surface area contributed by atoms with Crippen molar-refractivity contribution in [3.8, 4) is 0 Å². The monoisotopic (exact) mass is 351 g/mol. The van der Waals surface area contributed by atoms with Crippen LogP contribution in [0.1, 0.15) is 16.1 Å². The van der Waals surface area contributed by atoms with Crippen molar-refractivity contribution in [3.05, 3.63) is 36.2 Å². The third-order valence-corrected chi connectivity index (χ3v) is 1.84. The molecule has 3 nitrogen and oxygen atoms in total. The number of methoxy groups -OCH3 is 1. The fourth-order valence-electron chi connectivity index (χ4n) is 0.956. The number of hydrogen-bond acceptors (Lipinski definition) is 3. The molecule has 4 radical (unpaired) electrons. The summed E-state index contributed by atoms with van der Waals surface area (Å²) in [5.74, 6) is -0.656. The maximum absolute atomic E-state index is 12.2. The maximum atomic E-state index is 12.2. The molecule has 17 heavy (non-hydrogen) atoms. The van der Waals surface area contributed by atoms with Crippen molar-refractivity contribution >= 4 is 35.4 Å². The number of carbonyl (C=O) groups excluding carboxylic acids is 1. The largest absolute Gasteiger partial charge is 0.465 e. The summed E-state index contributed by atoms with van der Waals surface area (Å²) in [6.45, 7) is 2.89. The number of carbonyl (C=O) groups is 1. The first-order chi connectivity index (χ1) is 7.36. The van der Waals surface area contributed by atoms with E-state index >= 15 is 0 Å². The number of esters is 1. The number of alkyl halides is 3. The van der Waals surface area contributed by atoms with Gasteiger partial charge in [-0.2, -0.15) is 13.2 Å². The van der Waals surface area contributed by atoms with Crippen LogP contribution in [0.5, 0.6) is 0 Å². The third kappa shape index (κ3) is 4.03. The first-order valence-corrected chi connectivity index (χ1v) is 4.17. The van der Waals surface area contributed by atoms with Crippen LogP contribution in [0, 0.1) is 0 Å². The number of hydrogen-bond donors (Lipinski definition) is 0. The quantitative estimate of drug-likeness (QED) is 0.606. The number of allylic oxidation sites excluding steroid dienone is 1. The van der Waals surface area contributed by atoms with E-state index in [0.29, 0.717) is 0 Å². The van der Waals surface area contributed by atoms with Gasteiger partial charge in [0.1, 0.15) is 0 Å². The van der Waals surface area contributed by atoms with Crippen molar-refractivity contribution < 1.29 is 22.7 Å². The van der Waals surface area contributed by atoms with Crippen molar-refractivity contribution in [2.45, 2.75) is 6.18 Å². The van der Waals surface area contributed by atoms with Gasteiger partial charge in [0.2, 0.25) is 0 Å². The molecule has 0 spiro atoms. The van der Waals surface area contributed by atoms with Gasteiger partial charge in [-0.15, -0.1) is 0 Å². The molecule has 0 unspecified atom stereocenters. The van der Waals surface area contributed by atoms with E-state index < -0.39 is 17.7 Å². The zero-order valence-electron chi connectivity index (χ0n) is 8.84. The van der Waals surface area contributed by atoms with Gasteiger partial charge in [0.15, 0.2) is 0 Å². The standard InChI is InChI=1S/C10H8F3NO2.Sn/c1-6(10(11,12)13)8-4-3-7(5-14-8)9(15)16-2;/h3-5H,1H2,2H3;. The van der Waals surface area contributed by atoms with Crippen LogP contribution in [-0.4, -0.2) is 48.1 Å². The van der Waals surface area contributed by atoms with Gasteiger partial charge >= 0.3 is 12.1 Å². The minimum Gasteiger partial charge on any atom is -0.465 e. The fourth-order valence-corrected chi connectivity index (χ4v) is 0.956. The van der Waals surface area contributed by atoms with E-state index in [2.05, 4.69) is 16.3 Å². The molecule has 90 valence electrons. The number of nitrogens with zero attached hydrogens (tertiary/aromatic N) is 1. The van der Waals surface area contributed by atoms with Gasteiger partial charge in [0.05, 0.1) is 23.9 Å². The summed E-state index contributed by atoms with van der Waals surface area (Å²) in [6.07, 6.45) is -3.52. The molecule has 0 aliphatic heterocycles. The van der Waals surface area contributed by atoms with E-state index in [1.165, 1.54) is 13.2 Å². The van der Waals surface area contributed by atoms with E-state index in [-0.39, 0.29) is 35.2 Å². The van der Waals surface area contributed by atoms with Crippen molar-refractivity contribution in [2.75, 3.05) is 7.11 Å². The Labute approximate surface area is 113 Å².